The van der Waals surface area contributed by atoms with Crippen molar-refractivity contribution >= 4 is 23.4 Å². The van der Waals surface area contributed by atoms with Gasteiger partial charge >= 0.3 is 0 Å². The Bertz CT molecular complexity index is 841. The standard InChI is InChI=1S/C20H21ClN2O4/c1-26-17-10-15(9-16(21)19(17)27-12-18(22)24)20(25)23-8-7-14(11-23)13-5-3-2-4-6-13/h2-6,9-10,14H,7-8,11-12H2,1H3,(H2,22,24). The monoisotopic (exact) mass is 388 g/mol. The Morgan fingerprint density at radius 2 is 2.00 bits per heavy atom. The molecule has 3 rings (SSSR count). The van der Waals surface area contributed by atoms with Crippen LogP contribution in [0.15, 0.2) is 42.5 Å². The van der Waals surface area contributed by atoms with E-state index < -0.39 is 5.91 Å². The lowest BCUT2D eigenvalue weighted by atomic mass is 9.99. The number of methoxy groups -OCH3 is 1. The zero-order valence-corrected chi connectivity index (χ0v) is 15.7. The van der Waals surface area contributed by atoms with E-state index in [4.69, 9.17) is 26.8 Å². The fourth-order valence-electron chi connectivity index (χ4n) is 3.25. The van der Waals surface area contributed by atoms with Crippen molar-refractivity contribution in [3.05, 3.63) is 58.6 Å². The molecular weight excluding hydrogens is 368 g/mol. The Labute approximate surface area is 162 Å². The molecule has 27 heavy (non-hydrogen) atoms. The summed E-state index contributed by atoms with van der Waals surface area (Å²) in [4.78, 5) is 25.7. The van der Waals surface area contributed by atoms with E-state index in [9.17, 15) is 9.59 Å². The first kappa shape index (κ1) is 19.0. The highest BCUT2D eigenvalue weighted by Gasteiger charge is 2.29. The number of primary amides is 1. The minimum Gasteiger partial charge on any atom is -0.493 e. The number of carbonyl (C=O) groups is 2. The van der Waals surface area contributed by atoms with Crippen molar-refractivity contribution in [1.82, 2.24) is 4.90 Å². The molecule has 0 aromatic heterocycles. The highest BCUT2D eigenvalue weighted by molar-refractivity contribution is 6.32. The quantitative estimate of drug-likeness (QED) is 0.824. The lowest BCUT2D eigenvalue weighted by molar-refractivity contribution is -0.119. The molecule has 0 spiro atoms. The molecule has 1 unspecified atom stereocenters. The molecular formula is C20H21ClN2O4. The van der Waals surface area contributed by atoms with E-state index in [0.717, 1.165) is 6.42 Å². The zero-order valence-electron chi connectivity index (χ0n) is 15.0. The van der Waals surface area contributed by atoms with Gasteiger partial charge in [-0.1, -0.05) is 41.9 Å². The molecule has 1 fully saturated rings. The van der Waals surface area contributed by atoms with E-state index in [1.165, 1.54) is 18.7 Å². The second kappa shape index (κ2) is 8.31. The van der Waals surface area contributed by atoms with Gasteiger partial charge in [0.2, 0.25) is 0 Å². The molecule has 1 aliphatic rings. The van der Waals surface area contributed by atoms with Gasteiger partial charge in [0.25, 0.3) is 11.8 Å². The van der Waals surface area contributed by atoms with E-state index in [1.807, 2.05) is 23.1 Å². The molecule has 1 aliphatic heterocycles. The van der Waals surface area contributed by atoms with Crippen LogP contribution in [0, 0.1) is 0 Å². The second-order valence-electron chi connectivity index (χ2n) is 6.39. The van der Waals surface area contributed by atoms with Crippen LogP contribution < -0.4 is 15.2 Å². The number of carbonyl (C=O) groups excluding carboxylic acids is 2. The van der Waals surface area contributed by atoms with Crippen LogP contribution in [0.4, 0.5) is 0 Å². The Morgan fingerprint density at radius 1 is 1.26 bits per heavy atom. The van der Waals surface area contributed by atoms with Gasteiger partial charge in [0.05, 0.1) is 12.1 Å². The summed E-state index contributed by atoms with van der Waals surface area (Å²) < 4.78 is 10.6. The van der Waals surface area contributed by atoms with E-state index in [-0.39, 0.29) is 29.0 Å². The lowest BCUT2D eigenvalue weighted by Gasteiger charge is -2.19. The minimum absolute atomic E-state index is 0.116. The van der Waals surface area contributed by atoms with Gasteiger partial charge in [-0.15, -0.1) is 0 Å². The minimum atomic E-state index is -0.628. The van der Waals surface area contributed by atoms with Crippen LogP contribution in [0.5, 0.6) is 11.5 Å². The fraction of sp³-hybridized carbons (Fsp3) is 0.300. The van der Waals surface area contributed by atoms with Crippen LogP contribution in [0.25, 0.3) is 0 Å². The largest absolute Gasteiger partial charge is 0.493 e. The van der Waals surface area contributed by atoms with E-state index >= 15 is 0 Å². The Hall–Kier alpha value is -2.73. The molecule has 1 saturated heterocycles. The third-order valence-electron chi connectivity index (χ3n) is 4.58. The molecule has 0 radical (unpaired) electrons. The fourth-order valence-corrected chi connectivity index (χ4v) is 3.52. The number of nitrogens with two attached hydrogens (primary N) is 1. The summed E-state index contributed by atoms with van der Waals surface area (Å²) >= 11 is 6.24. The number of ether oxygens (including phenoxy) is 2. The van der Waals surface area contributed by atoms with E-state index in [0.29, 0.717) is 24.6 Å². The van der Waals surface area contributed by atoms with Gasteiger partial charge in [0.1, 0.15) is 0 Å². The molecule has 142 valence electrons. The number of hydrogen-bond acceptors (Lipinski definition) is 4. The van der Waals surface area contributed by atoms with Crippen molar-refractivity contribution in [3.8, 4) is 11.5 Å². The first-order chi connectivity index (χ1) is 13.0. The maximum absolute atomic E-state index is 12.9. The smallest absolute Gasteiger partial charge is 0.255 e. The maximum atomic E-state index is 12.9. The summed E-state index contributed by atoms with van der Waals surface area (Å²) in [5.41, 5.74) is 6.74. The van der Waals surface area contributed by atoms with Gasteiger partial charge in [-0.05, 0) is 24.1 Å². The predicted octanol–water partition coefficient (Wildman–Crippen LogP) is 2.84. The lowest BCUT2D eigenvalue weighted by Crippen LogP contribution is -2.28. The topological polar surface area (TPSA) is 81.9 Å². The van der Waals surface area contributed by atoms with Crippen molar-refractivity contribution in [1.29, 1.82) is 0 Å². The maximum Gasteiger partial charge on any atom is 0.255 e. The molecule has 0 bridgehead atoms. The molecule has 1 heterocycles. The van der Waals surface area contributed by atoms with Crippen LogP contribution in [-0.4, -0.2) is 43.5 Å². The molecule has 6 nitrogen and oxygen atoms in total. The summed E-state index contributed by atoms with van der Waals surface area (Å²) in [6.45, 7) is 1.01. The molecule has 0 saturated carbocycles. The van der Waals surface area contributed by atoms with Gasteiger partial charge < -0.3 is 20.1 Å². The zero-order chi connectivity index (χ0) is 19.4. The van der Waals surface area contributed by atoms with Crippen molar-refractivity contribution in [2.45, 2.75) is 12.3 Å². The number of likely N-dealkylation sites (tertiary alicyclic amines) is 1. The SMILES string of the molecule is COc1cc(C(=O)N2CCC(c3ccccc3)C2)cc(Cl)c1OCC(N)=O. The van der Waals surface area contributed by atoms with Crippen LogP contribution in [-0.2, 0) is 4.79 Å². The highest BCUT2D eigenvalue weighted by atomic mass is 35.5. The van der Waals surface area contributed by atoms with Gasteiger partial charge in [-0.2, -0.15) is 0 Å². The van der Waals surface area contributed by atoms with Gasteiger partial charge in [-0.3, -0.25) is 9.59 Å². The Morgan fingerprint density at radius 3 is 2.67 bits per heavy atom. The molecule has 1 atom stereocenters. The Kier molecular flexibility index (Phi) is 5.86. The third kappa shape index (κ3) is 4.34. The Balaban J connectivity index is 1.77. The van der Waals surface area contributed by atoms with E-state index in [1.54, 1.807) is 6.07 Å². The summed E-state index contributed by atoms with van der Waals surface area (Å²) in [7, 11) is 1.44. The van der Waals surface area contributed by atoms with Gasteiger partial charge in [0.15, 0.2) is 18.1 Å². The average molecular weight is 389 g/mol. The van der Waals surface area contributed by atoms with Crippen LogP contribution in [0.2, 0.25) is 5.02 Å². The van der Waals surface area contributed by atoms with Crippen LogP contribution in [0.1, 0.15) is 28.3 Å². The van der Waals surface area contributed by atoms with Crippen molar-refractivity contribution in [2.75, 3.05) is 26.8 Å². The molecule has 2 N–H and O–H groups in total. The number of benzene rings is 2. The van der Waals surface area contributed by atoms with Crippen LogP contribution in [0.3, 0.4) is 0 Å². The van der Waals surface area contributed by atoms with Crippen molar-refractivity contribution < 1.29 is 19.1 Å². The predicted molar refractivity (Wildman–Crippen MR) is 102 cm³/mol. The number of rotatable bonds is 6. The highest BCUT2D eigenvalue weighted by Crippen LogP contribution is 2.37. The third-order valence-corrected chi connectivity index (χ3v) is 4.86. The van der Waals surface area contributed by atoms with Crippen molar-refractivity contribution in [2.24, 2.45) is 5.73 Å². The first-order valence-corrected chi connectivity index (χ1v) is 9.00. The van der Waals surface area contributed by atoms with Gasteiger partial charge in [0, 0.05) is 24.6 Å². The van der Waals surface area contributed by atoms with Crippen LogP contribution >= 0.6 is 11.6 Å². The normalized spacial score (nSPS) is 16.2. The second-order valence-corrected chi connectivity index (χ2v) is 6.80. The summed E-state index contributed by atoms with van der Waals surface area (Å²) in [6.07, 6.45) is 0.917. The number of halogens is 1. The van der Waals surface area contributed by atoms with E-state index in [2.05, 4.69) is 12.1 Å². The number of nitrogens with zero attached hydrogens (tertiary/aromatic N) is 1. The number of amides is 2. The van der Waals surface area contributed by atoms with Gasteiger partial charge in [-0.25, -0.2) is 0 Å². The molecule has 2 amide bonds. The molecule has 7 heteroatoms. The molecule has 2 aromatic carbocycles. The summed E-state index contributed by atoms with van der Waals surface area (Å²) in [5.74, 6) is 0.0575. The molecule has 2 aromatic rings. The molecule has 0 aliphatic carbocycles. The average Bonchev–Trinajstić information content (AvgIpc) is 3.16. The summed E-state index contributed by atoms with van der Waals surface area (Å²) in [6, 6.07) is 13.3. The summed E-state index contributed by atoms with van der Waals surface area (Å²) in [5, 5.41) is 0.192. The number of hydrogen-bond donors (Lipinski definition) is 1. The van der Waals surface area contributed by atoms with Crippen molar-refractivity contribution in [3.63, 3.8) is 0 Å². The first-order valence-electron chi connectivity index (χ1n) is 8.62.